The van der Waals surface area contributed by atoms with Crippen molar-refractivity contribution < 1.29 is 0 Å². The third kappa shape index (κ3) is 2.71. The van der Waals surface area contributed by atoms with Crippen LogP contribution in [-0.2, 0) is 6.54 Å². The lowest BCUT2D eigenvalue weighted by molar-refractivity contribution is 0.0935. The zero-order valence-corrected chi connectivity index (χ0v) is 10.6. The summed E-state index contributed by atoms with van der Waals surface area (Å²) in [6.45, 7) is 5.46. The van der Waals surface area contributed by atoms with E-state index in [1.807, 2.05) is 12.1 Å². The molecule has 0 N–H and O–H groups in total. The molecule has 0 aliphatic carbocycles. The number of halogens is 1. The largest absolute Gasteiger partial charge is 0.292 e. The Morgan fingerprint density at radius 1 is 1.25 bits per heavy atom. The summed E-state index contributed by atoms with van der Waals surface area (Å²) >= 11 is 5.72. The number of nitrogens with zero attached hydrogens (tertiary/aromatic N) is 3. The van der Waals surface area contributed by atoms with Gasteiger partial charge in [0.2, 0.25) is 0 Å². The summed E-state index contributed by atoms with van der Waals surface area (Å²) in [4.78, 5) is 2.50. The van der Waals surface area contributed by atoms with Gasteiger partial charge in [0.15, 0.2) is 5.15 Å². The van der Waals surface area contributed by atoms with Crippen molar-refractivity contribution in [2.24, 2.45) is 0 Å². The van der Waals surface area contributed by atoms with E-state index in [1.165, 1.54) is 19.3 Å². The first-order valence-electron chi connectivity index (χ1n) is 5.90. The van der Waals surface area contributed by atoms with Crippen molar-refractivity contribution in [1.29, 1.82) is 0 Å². The summed E-state index contributed by atoms with van der Waals surface area (Å²) < 4.78 is 0. The molecule has 2 unspecified atom stereocenters. The number of aromatic nitrogens is 2. The molecule has 0 spiro atoms. The fourth-order valence-electron chi connectivity index (χ4n) is 2.40. The zero-order valence-electron chi connectivity index (χ0n) is 9.86. The zero-order chi connectivity index (χ0) is 11.5. The summed E-state index contributed by atoms with van der Waals surface area (Å²) in [6, 6.07) is 5.05. The van der Waals surface area contributed by atoms with Gasteiger partial charge >= 0.3 is 0 Å². The summed E-state index contributed by atoms with van der Waals surface area (Å²) in [5.41, 5.74) is 1.00. The second kappa shape index (κ2) is 5.11. The van der Waals surface area contributed by atoms with E-state index in [-0.39, 0.29) is 0 Å². The van der Waals surface area contributed by atoms with E-state index in [9.17, 15) is 0 Å². The van der Waals surface area contributed by atoms with Gasteiger partial charge in [-0.1, -0.05) is 18.0 Å². The molecule has 1 fully saturated rings. The highest BCUT2D eigenvalue weighted by Crippen LogP contribution is 2.23. The van der Waals surface area contributed by atoms with Gasteiger partial charge in [-0.25, -0.2) is 0 Å². The summed E-state index contributed by atoms with van der Waals surface area (Å²) in [7, 11) is 0. The first kappa shape index (κ1) is 11.8. The molecular weight excluding hydrogens is 222 g/mol. The molecule has 0 bridgehead atoms. The van der Waals surface area contributed by atoms with Crippen LogP contribution in [0.3, 0.4) is 0 Å². The third-order valence-electron chi connectivity index (χ3n) is 3.41. The molecule has 16 heavy (non-hydrogen) atoms. The molecular formula is C12H18ClN3. The summed E-state index contributed by atoms with van der Waals surface area (Å²) in [5.74, 6) is 0. The number of rotatable bonds is 2. The highest BCUT2D eigenvalue weighted by molar-refractivity contribution is 6.29. The van der Waals surface area contributed by atoms with Crippen molar-refractivity contribution in [1.82, 2.24) is 15.1 Å². The van der Waals surface area contributed by atoms with Crippen LogP contribution in [0.1, 0.15) is 38.8 Å². The molecule has 1 saturated heterocycles. The van der Waals surface area contributed by atoms with Crippen molar-refractivity contribution in [3.05, 3.63) is 23.0 Å². The van der Waals surface area contributed by atoms with Gasteiger partial charge in [0.25, 0.3) is 0 Å². The minimum absolute atomic E-state index is 0.462. The van der Waals surface area contributed by atoms with Crippen LogP contribution >= 0.6 is 11.6 Å². The predicted octanol–water partition coefficient (Wildman–Crippen LogP) is 2.89. The molecule has 3 nitrogen and oxygen atoms in total. The Labute approximate surface area is 102 Å². The number of hydrogen-bond donors (Lipinski definition) is 0. The van der Waals surface area contributed by atoms with Gasteiger partial charge in [-0.3, -0.25) is 4.90 Å². The standard InChI is InChI=1S/C12H18ClN3/c1-9-4-3-5-10(2)16(9)8-11-6-7-12(13)15-14-11/h6-7,9-10H,3-5,8H2,1-2H3. The van der Waals surface area contributed by atoms with Crippen LogP contribution in [0.5, 0.6) is 0 Å². The van der Waals surface area contributed by atoms with Crippen LogP contribution in [0.4, 0.5) is 0 Å². The van der Waals surface area contributed by atoms with Crippen LogP contribution in [0.2, 0.25) is 5.15 Å². The molecule has 1 aromatic rings. The van der Waals surface area contributed by atoms with E-state index in [1.54, 1.807) is 0 Å². The molecule has 0 radical (unpaired) electrons. The van der Waals surface area contributed by atoms with Crippen LogP contribution in [-0.4, -0.2) is 27.2 Å². The van der Waals surface area contributed by atoms with E-state index in [4.69, 9.17) is 11.6 Å². The highest BCUT2D eigenvalue weighted by atomic mass is 35.5. The monoisotopic (exact) mass is 239 g/mol. The topological polar surface area (TPSA) is 29.0 Å². The van der Waals surface area contributed by atoms with Crippen molar-refractivity contribution in [3.63, 3.8) is 0 Å². The minimum atomic E-state index is 0.462. The number of piperidine rings is 1. The van der Waals surface area contributed by atoms with Gasteiger partial charge in [-0.15, -0.1) is 5.10 Å². The van der Waals surface area contributed by atoms with Crippen LogP contribution < -0.4 is 0 Å². The molecule has 1 aliphatic heterocycles. The Morgan fingerprint density at radius 3 is 2.50 bits per heavy atom. The number of hydrogen-bond acceptors (Lipinski definition) is 3. The van der Waals surface area contributed by atoms with Crippen LogP contribution in [0.25, 0.3) is 0 Å². The lowest BCUT2D eigenvalue weighted by Crippen LogP contribution is -2.43. The van der Waals surface area contributed by atoms with Gasteiger partial charge in [-0.2, -0.15) is 5.10 Å². The van der Waals surface area contributed by atoms with Crippen LogP contribution in [0, 0.1) is 0 Å². The Morgan fingerprint density at radius 2 is 1.94 bits per heavy atom. The smallest absolute Gasteiger partial charge is 0.151 e. The van der Waals surface area contributed by atoms with Crippen molar-refractivity contribution >= 4 is 11.6 Å². The summed E-state index contributed by atoms with van der Waals surface area (Å²) in [6.07, 6.45) is 3.90. The molecule has 0 aromatic carbocycles. The maximum absolute atomic E-state index is 5.72. The fraction of sp³-hybridized carbons (Fsp3) is 0.667. The molecule has 2 heterocycles. The van der Waals surface area contributed by atoms with Crippen molar-refractivity contribution in [2.75, 3.05) is 0 Å². The fourth-order valence-corrected chi connectivity index (χ4v) is 2.50. The van der Waals surface area contributed by atoms with Gasteiger partial charge in [0.1, 0.15) is 0 Å². The van der Waals surface area contributed by atoms with E-state index in [2.05, 4.69) is 28.9 Å². The van der Waals surface area contributed by atoms with Crippen molar-refractivity contribution in [3.8, 4) is 0 Å². The Hall–Kier alpha value is -0.670. The van der Waals surface area contributed by atoms with Gasteiger partial charge in [0.05, 0.1) is 5.69 Å². The maximum atomic E-state index is 5.72. The molecule has 1 aliphatic rings. The lowest BCUT2D eigenvalue weighted by atomic mass is 9.97. The van der Waals surface area contributed by atoms with Gasteiger partial charge in [0, 0.05) is 18.6 Å². The Bertz CT molecular complexity index is 329. The van der Waals surface area contributed by atoms with E-state index < -0.39 is 0 Å². The van der Waals surface area contributed by atoms with Crippen molar-refractivity contribution in [2.45, 2.75) is 51.7 Å². The predicted molar refractivity (Wildman–Crippen MR) is 65.4 cm³/mol. The molecule has 0 amide bonds. The normalized spacial score (nSPS) is 26.9. The van der Waals surface area contributed by atoms with Gasteiger partial charge < -0.3 is 0 Å². The maximum Gasteiger partial charge on any atom is 0.151 e. The quantitative estimate of drug-likeness (QED) is 0.795. The molecule has 88 valence electrons. The van der Waals surface area contributed by atoms with E-state index >= 15 is 0 Å². The molecule has 4 heteroatoms. The molecule has 2 atom stereocenters. The molecule has 2 rings (SSSR count). The average Bonchev–Trinajstić information content (AvgIpc) is 2.26. The second-order valence-corrected chi connectivity index (χ2v) is 5.04. The Kier molecular flexibility index (Phi) is 3.77. The first-order chi connectivity index (χ1) is 7.66. The van der Waals surface area contributed by atoms with Gasteiger partial charge in [-0.05, 0) is 38.8 Å². The average molecular weight is 240 g/mol. The van der Waals surface area contributed by atoms with E-state index in [0.717, 1.165) is 12.2 Å². The lowest BCUT2D eigenvalue weighted by Gasteiger charge is -2.38. The minimum Gasteiger partial charge on any atom is -0.292 e. The molecule has 0 saturated carbocycles. The first-order valence-corrected chi connectivity index (χ1v) is 6.28. The van der Waals surface area contributed by atoms with Crippen LogP contribution in [0.15, 0.2) is 12.1 Å². The van der Waals surface area contributed by atoms with E-state index in [0.29, 0.717) is 17.2 Å². The highest BCUT2D eigenvalue weighted by Gasteiger charge is 2.24. The Balaban J connectivity index is 2.04. The third-order valence-corrected chi connectivity index (χ3v) is 3.61. The second-order valence-electron chi connectivity index (χ2n) is 4.65. The SMILES string of the molecule is CC1CCCC(C)N1Cc1ccc(Cl)nn1. The number of likely N-dealkylation sites (tertiary alicyclic amines) is 1. The summed E-state index contributed by atoms with van der Waals surface area (Å²) in [5, 5.41) is 8.46. The molecule has 1 aromatic heterocycles.